The maximum Gasteiger partial charge on any atom is 0.423 e. The maximum absolute atomic E-state index is 12.2. The number of amides is 1. The summed E-state index contributed by atoms with van der Waals surface area (Å²) in [5.41, 5.74) is 4.58. The summed E-state index contributed by atoms with van der Waals surface area (Å²) in [6, 6.07) is 0. The summed E-state index contributed by atoms with van der Waals surface area (Å²) in [5.74, 6) is -1.51. The van der Waals surface area contributed by atoms with Gasteiger partial charge in [0, 0.05) is 0 Å². The fourth-order valence-corrected chi connectivity index (χ4v) is 0.782. The van der Waals surface area contributed by atoms with E-state index in [1.165, 1.54) is 0 Å². The van der Waals surface area contributed by atoms with Crippen LogP contribution in [-0.2, 0) is 9.53 Å². The Morgan fingerprint density at radius 1 is 1.40 bits per heavy atom. The van der Waals surface area contributed by atoms with Gasteiger partial charge in [-0.3, -0.25) is 4.79 Å². The van der Waals surface area contributed by atoms with E-state index in [1.807, 2.05) is 0 Å². The standard InChI is InChI=1S/C8H15F3N2O2/c1-13(2,3)4-5-15-6(7(12)14)8(9,10)11/h6H,4-5H2,1-3H3,(H-,12,14)/p+1. The van der Waals surface area contributed by atoms with E-state index >= 15 is 0 Å². The zero-order valence-corrected chi connectivity index (χ0v) is 8.97. The number of carbonyl (C=O) groups excluding carboxylic acids is 1. The van der Waals surface area contributed by atoms with Gasteiger partial charge in [-0.1, -0.05) is 0 Å². The van der Waals surface area contributed by atoms with E-state index in [0.717, 1.165) is 0 Å². The number of likely N-dealkylation sites (N-methyl/N-ethyl adjacent to an activating group) is 1. The van der Waals surface area contributed by atoms with Crippen LogP contribution in [0.2, 0.25) is 0 Å². The van der Waals surface area contributed by atoms with E-state index < -0.39 is 18.2 Å². The molecule has 15 heavy (non-hydrogen) atoms. The second-order valence-electron chi connectivity index (χ2n) is 4.21. The van der Waals surface area contributed by atoms with Gasteiger partial charge in [0.15, 0.2) is 0 Å². The van der Waals surface area contributed by atoms with Crippen molar-refractivity contribution in [1.29, 1.82) is 0 Å². The Morgan fingerprint density at radius 3 is 2.13 bits per heavy atom. The summed E-state index contributed by atoms with van der Waals surface area (Å²) in [6.07, 6.45) is -7.25. The number of halogens is 3. The lowest BCUT2D eigenvalue weighted by Gasteiger charge is -2.25. The Hall–Kier alpha value is -0.820. The predicted molar refractivity (Wildman–Crippen MR) is 47.9 cm³/mol. The number of rotatable bonds is 5. The summed E-state index contributed by atoms with van der Waals surface area (Å²) in [5, 5.41) is 0. The zero-order valence-electron chi connectivity index (χ0n) is 8.97. The minimum atomic E-state index is -4.74. The molecule has 0 aliphatic carbocycles. The van der Waals surface area contributed by atoms with Crippen LogP contribution in [0.1, 0.15) is 0 Å². The van der Waals surface area contributed by atoms with E-state index in [1.54, 1.807) is 21.1 Å². The molecular weight excluding hydrogens is 213 g/mol. The summed E-state index contributed by atoms with van der Waals surface area (Å²) >= 11 is 0. The second kappa shape index (κ2) is 4.80. The topological polar surface area (TPSA) is 52.3 Å². The highest BCUT2D eigenvalue weighted by molar-refractivity contribution is 5.79. The number of alkyl halides is 3. The van der Waals surface area contributed by atoms with Crippen LogP contribution in [0.15, 0.2) is 0 Å². The van der Waals surface area contributed by atoms with Crippen molar-refractivity contribution in [3.63, 3.8) is 0 Å². The number of quaternary nitrogens is 1. The van der Waals surface area contributed by atoms with Gasteiger partial charge >= 0.3 is 6.18 Å². The second-order valence-corrected chi connectivity index (χ2v) is 4.21. The highest BCUT2D eigenvalue weighted by atomic mass is 19.4. The monoisotopic (exact) mass is 229 g/mol. The number of nitrogens with zero attached hydrogens (tertiary/aromatic N) is 1. The molecule has 0 aliphatic rings. The molecule has 0 fully saturated rings. The van der Waals surface area contributed by atoms with Crippen molar-refractivity contribution in [2.24, 2.45) is 5.73 Å². The van der Waals surface area contributed by atoms with E-state index in [0.29, 0.717) is 11.0 Å². The van der Waals surface area contributed by atoms with Crippen molar-refractivity contribution in [3.8, 4) is 0 Å². The van der Waals surface area contributed by atoms with Crippen LogP contribution < -0.4 is 5.73 Å². The van der Waals surface area contributed by atoms with Crippen molar-refractivity contribution in [1.82, 2.24) is 0 Å². The lowest BCUT2D eigenvalue weighted by atomic mass is 10.3. The molecule has 90 valence electrons. The van der Waals surface area contributed by atoms with E-state index in [-0.39, 0.29) is 6.61 Å². The largest absolute Gasteiger partial charge is 0.423 e. The summed E-state index contributed by atoms with van der Waals surface area (Å²) in [6.45, 7) is 0.191. The minimum Gasteiger partial charge on any atom is -0.367 e. The van der Waals surface area contributed by atoms with Gasteiger partial charge < -0.3 is 15.0 Å². The van der Waals surface area contributed by atoms with Gasteiger partial charge in [0.05, 0.1) is 27.7 Å². The predicted octanol–water partition coefficient (Wildman–Crippen LogP) is 0.125. The first kappa shape index (κ1) is 14.2. The number of hydrogen-bond acceptors (Lipinski definition) is 2. The molecule has 0 aromatic carbocycles. The fourth-order valence-electron chi connectivity index (χ4n) is 0.782. The van der Waals surface area contributed by atoms with Crippen molar-refractivity contribution >= 4 is 5.91 Å². The molecule has 0 heterocycles. The van der Waals surface area contributed by atoms with Crippen LogP contribution in [0, 0.1) is 0 Å². The lowest BCUT2D eigenvalue weighted by Crippen LogP contribution is -2.46. The van der Waals surface area contributed by atoms with Gasteiger partial charge in [-0.05, 0) is 0 Å². The average Bonchev–Trinajstić information content (AvgIpc) is 1.92. The molecule has 0 rings (SSSR count). The van der Waals surface area contributed by atoms with E-state index in [9.17, 15) is 18.0 Å². The third-order valence-corrected chi connectivity index (χ3v) is 1.60. The molecule has 0 bridgehead atoms. The Kier molecular flexibility index (Phi) is 4.54. The Balaban J connectivity index is 4.17. The molecule has 0 aromatic rings. The third-order valence-electron chi connectivity index (χ3n) is 1.60. The van der Waals surface area contributed by atoms with Crippen LogP contribution in [0.5, 0.6) is 0 Å². The van der Waals surface area contributed by atoms with Gasteiger partial charge in [0.25, 0.3) is 5.91 Å². The molecule has 2 N–H and O–H groups in total. The van der Waals surface area contributed by atoms with Gasteiger partial charge in [-0.15, -0.1) is 0 Å². The number of carbonyl (C=O) groups is 1. The van der Waals surface area contributed by atoms with E-state index in [2.05, 4.69) is 10.5 Å². The first-order valence-electron chi connectivity index (χ1n) is 4.32. The number of ether oxygens (including phenoxy) is 1. The van der Waals surface area contributed by atoms with Crippen molar-refractivity contribution in [3.05, 3.63) is 0 Å². The van der Waals surface area contributed by atoms with Crippen LogP contribution in [-0.4, -0.2) is 57.0 Å². The molecule has 1 unspecified atom stereocenters. The van der Waals surface area contributed by atoms with Crippen molar-refractivity contribution < 1.29 is 27.2 Å². The van der Waals surface area contributed by atoms with Gasteiger partial charge in [0.2, 0.25) is 6.10 Å². The molecule has 1 amide bonds. The van der Waals surface area contributed by atoms with Crippen LogP contribution in [0.4, 0.5) is 13.2 Å². The minimum absolute atomic E-state index is 0.170. The Bertz CT molecular complexity index is 223. The Morgan fingerprint density at radius 2 is 1.87 bits per heavy atom. The van der Waals surface area contributed by atoms with Gasteiger partial charge in [-0.2, -0.15) is 13.2 Å². The highest BCUT2D eigenvalue weighted by Crippen LogP contribution is 2.22. The molecule has 0 aliphatic heterocycles. The summed E-state index contributed by atoms with van der Waals surface area (Å²) in [4.78, 5) is 10.5. The number of hydrogen-bond donors (Lipinski definition) is 1. The summed E-state index contributed by atoms with van der Waals surface area (Å²) < 4.78 is 41.4. The molecule has 0 aromatic heterocycles. The van der Waals surface area contributed by atoms with Crippen LogP contribution >= 0.6 is 0 Å². The molecule has 1 atom stereocenters. The third kappa shape index (κ3) is 6.29. The lowest BCUT2D eigenvalue weighted by molar-refractivity contribution is -0.870. The molecule has 0 saturated heterocycles. The maximum atomic E-state index is 12.2. The van der Waals surface area contributed by atoms with Gasteiger partial charge in [0.1, 0.15) is 6.54 Å². The number of nitrogens with two attached hydrogens (primary N) is 1. The molecule has 0 saturated carbocycles. The van der Waals surface area contributed by atoms with Crippen molar-refractivity contribution in [2.75, 3.05) is 34.3 Å². The Labute approximate surface area is 86.4 Å². The summed E-state index contributed by atoms with van der Waals surface area (Å²) in [7, 11) is 5.41. The fraction of sp³-hybridized carbons (Fsp3) is 0.875. The number of primary amides is 1. The first-order valence-corrected chi connectivity index (χ1v) is 4.32. The average molecular weight is 229 g/mol. The zero-order chi connectivity index (χ0) is 12.3. The highest BCUT2D eigenvalue weighted by Gasteiger charge is 2.45. The molecule has 7 heteroatoms. The normalized spacial score (nSPS) is 15.1. The molecule has 4 nitrogen and oxygen atoms in total. The van der Waals surface area contributed by atoms with E-state index in [4.69, 9.17) is 0 Å². The smallest absolute Gasteiger partial charge is 0.367 e. The van der Waals surface area contributed by atoms with Gasteiger partial charge in [-0.25, -0.2) is 0 Å². The van der Waals surface area contributed by atoms with Crippen LogP contribution in [0.3, 0.4) is 0 Å². The molecule has 0 spiro atoms. The molecule has 0 radical (unpaired) electrons. The van der Waals surface area contributed by atoms with Crippen LogP contribution in [0.25, 0.3) is 0 Å². The first-order chi connectivity index (χ1) is 6.54. The SMILES string of the molecule is C[N+](C)(C)CCOC(C(N)=O)C(F)(F)F. The quantitative estimate of drug-likeness (QED) is 0.681. The molecular formula is C8H16F3N2O2+. The van der Waals surface area contributed by atoms with Crippen molar-refractivity contribution in [2.45, 2.75) is 12.3 Å².